The highest BCUT2D eigenvalue weighted by Gasteiger charge is 2.11. The molecule has 0 radical (unpaired) electrons. The van der Waals surface area contributed by atoms with Gasteiger partial charge in [-0.15, -0.1) is 0 Å². The van der Waals surface area contributed by atoms with E-state index >= 15 is 0 Å². The first-order valence-corrected chi connectivity index (χ1v) is 7.69. The molecule has 3 nitrogen and oxygen atoms in total. The van der Waals surface area contributed by atoms with Gasteiger partial charge in [0, 0.05) is 11.1 Å². The number of carbonyl (C=O) groups is 1. The zero-order valence-corrected chi connectivity index (χ0v) is 13.7. The molecule has 0 fully saturated rings. The van der Waals surface area contributed by atoms with Crippen molar-refractivity contribution >= 4 is 5.78 Å². The Morgan fingerprint density at radius 2 is 1.29 bits per heavy atom. The van der Waals surface area contributed by atoms with Crippen LogP contribution in [0.2, 0.25) is 0 Å². The summed E-state index contributed by atoms with van der Waals surface area (Å²) in [5.74, 6) is 1.98. The fourth-order valence-electron chi connectivity index (χ4n) is 2.45. The molecular weight excluding hydrogens is 300 g/mol. The Morgan fingerprint density at radius 1 is 0.750 bits per heavy atom. The predicted molar refractivity (Wildman–Crippen MR) is 94.1 cm³/mol. The third-order valence-corrected chi connectivity index (χ3v) is 3.65. The number of aryl methyl sites for hydroxylation is 1. The number of benzene rings is 3. The molecule has 0 saturated carbocycles. The molecule has 0 aromatic heterocycles. The average molecular weight is 318 g/mol. The summed E-state index contributed by atoms with van der Waals surface area (Å²) in [6.07, 6.45) is 0. The third kappa shape index (κ3) is 3.63. The van der Waals surface area contributed by atoms with Gasteiger partial charge in [-0.1, -0.05) is 36.4 Å². The number of hydrogen-bond acceptors (Lipinski definition) is 3. The van der Waals surface area contributed by atoms with Gasteiger partial charge in [-0.2, -0.15) is 0 Å². The summed E-state index contributed by atoms with van der Waals surface area (Å²) >= 11 is 0. The van der Waals surface area contributed by atoms with Crippen LogP contribution < -0.4 is 9.47 Å². The largest absolute Gasteiger partial charge is 0.497 e. The van der Waals surface area contributed by atoms with Gasteiger partial charge < -0.3 is 9.47 Å². The highest BCUT2D eigenvalue weighted by molar-refractivity contribution is 6.09. The van der Waals surface area contributed by atoms with Crippen molar-refractivity contribution in [3.05, 3.63) is 89.5 Å². The molecule has 0 unspecified atom stereocenters. The molecule has 0 heterocycles. The van der Waals surface area contributed by atoms with E-state index in [0.29, 0.717) is 22.6 Å². The lowest BCUT2D eigenvalue weighted by atomic mass is 10.0. The van der Waals surface area contributed by atoms with Gasteiger partial charge in [-0.3, -0.25) is 4.79 Å². The molecule has 3 aromatic carbocycles. The van der Waals surface area contributed by atoms with Crippen LogP contribution in [0, 0.1) is 6.92 Å². The second-order valence-electron chi connectivity index (χ2n) is 5.51. The summed E-state index contributed by atoms with van der Waals surface area (Å²) in [4.78, 5) is 12.7. The Hall–Kier alpha value is -3.07. The summed E-state index contributed by atoms with van der Waals surface area (Å²) in [6, 6.07) is 22.1. The molecule has 120 valence electrons. The molecule has 0 bridgehead atoms. The Balaban J connectivity index is 1.85. The monoisotopic (exact) mass is 318 g/mol. The summed E-state index contributed by atoms with van der Waals surface area (Å²) < 4.78 is 11.0. The number of methoxy groups -OCH3 is 1. The first kappa shape index (κ1) is 15.8. The van der Waals surface area contributed by atoms with Crippen molar-refractivity contribution in [2.24, 2.45) is 0 Å². The maximum absolute atomic E-state index is 12.7. The minimum atomic E-state index is -0.0661. The Kier molecular flexibility index (Phi) is 4.62. The van der Waals surface area contributed by atoms with E-state index in [0.717, 1.165) is 11.3 Å². The first-order chi connectivity index (χ1) is 11.7. The van der Waals surface area contributed by atoms with Crippen molar-refractivity contribution in [1.82, 2.24) is 0 Å². The molecule has 0 saturated heterocycles. The molecular formula is C21H18O3. The van der Waals surface area contributed by atoms with Crippen LogP contribution in [0.5, 0.6) is 17.2 Å². The lowest BCUT2D eigenvalue weighted by Gasteiger charge is -2.08. The van der Waals surface area contributed by atoms with Gasteiger partial charge in [0.05, 0.1) is 7.11 Å². The van der Waals surface area contributed by atoms with Crippen molar-refractivity contribution in [1.29, 1.82) is 0 Å². The highest BCUT2D eigenvalue weighted by Crippen LogP contribution is 2.24. The Bertz CT molecular complexity index is 868. The lowest BCUT2D eigenvalue weighted by Crippen LogP contribution is -2.01. The molecule has 0 atom stereocenters. The fourth-order valence-corrected chi connectivity index (χ4v) is 2.45. The van der Waals surface area contributed by atoms with Gasteiger partial charge in [0.25, 0.3) is 0 Å². The van der Waals surface area contributed by atoms with E-state index < -0.39 is 0 Å². The first-order valence-electron chi connectivity index (χ1n) is 7.69. The van der Waals surface area contributed by atoms with Crippen LogP contribution in [0.4, 0.5) is 0 Å². The molecule has 0 aliphatic carbocycles. The average Bonchev–Trinajstić information content (AvgIpc) is 2.61. The van der Waals surface area contributed by atoms with Gasteiger partial charge >= 0.3 is 0 Å². The quantitative estimate of drug-likeness (QED) is 0.619. The topological polar surface area (TPSA) is 35.5 Å². The van der Waals surface area contributed by atoms with Crippen LogP contribution >= 0.6 is 0 Å². The second-order valence-corrected chi connectivity index (χ2v) is 5.51. The van der Waals surface area contributed by atoms with Gasteiger partial charge in [0.15, 0.2) is 5.78 Å². The minimum Gasteiger partial charge on any atom is -0.497 e. The minimum absolute atomic E-state index is 0.0661. The summed E-state index contributed by atoms with van der Waals surface area (Å²) in [6.45, 7) is 2.01. The van der Waals surface area contributed by atoms with E-state index in [1.165, 1.54) is 0 Å². The molecule has 3 aromatic rings. The number of hydrogen-bond donors (Lipinski definition) is 0. The number of carbonyl (C=O) groups excluding carboxylic acids is 1. The van der Waals surface area contributed by atoms with E-state index in [1.54, 1.807) is 37.4 Å². The molecule has 24 heavy (non-hydrogen) atoms. The maximum Gasteiger partial charge on any atom is 0.193 e. The zero-order chi connectivity index (χ0) is 16.9. The Morgan fingerprint density at radius 3 is 1.92 bits per heavy atom. The van der Waals surface area contributed by atoms with E-state index in [1.807, 2.05) is 49.4 Å². The number of ether oxygens (including phenoxy) is 2. The van der Waals surface area contributed by atoms with Crippen LogP contribution in [0.25, 0.3) is 0 Å². The third-order valence-electron chi connectivity index (χ3n) is 3.65. The highest BCUT2D eigenvalue weighted by atomic mass is 16.5. The van der Waals surface area contributed by atoms with E-state index in [-0.39, 0.29) is 5.78 Å². The van der Waals surface area contributed by atoms with Crippen LogP contribution in [0.15, 0.2) is 72.8 Å². The van der Waals surface area contributed by atoms with Crippen LogP contribution in [-0.2, 0) is 0 Å². The molecule has 3 heteroatoms. The smallest absolute Gasteiger partial charge is 0.193 e. The van der Waals surface area contributed by atoms with Crippen LogP contribution in [0.1, 0.15) is 21.5 Å². The van der Waals surface area contributed by atoms with Crippen LogP contribution in [0.3, 0.4) is 0 Å². The van der Waals surface area contributed by atoms with Gasteiger partial charge in [-0.05, 0) is 48.9 Å². The zero-order valence-electron chi connectivity index (χ0n) is 13.7. The molecule has 3 rings (SSSR count). The maximum atomic E-state index is 12.7. The number of rotatable bonds is 5. The molecule has 0 amide bonds. The van der Waals surface area contributed by atoms with Crippen molar-refractivity contribution in [2.45, 2.75) is 6.92 Å². The lowest BCUT2D eigenvalue weighted by molar-refractivity contribution is 0.103. The molecule has 0 spiro atoms. The molecule has 0 N–H and O–H groups in total. The van der Waals surface area contributed by atoms with Crippen molar-refractivity contribution < 1.29 is 14.3 Å². The summed E-state index contributed by atoms with van der Waals surface area (Å²) in [5.41, 5.74) is 2.28. The van der Waals surface area contributed by atoms with Gasteiger partial charge in [0.2, 0.25) is 0 Å². The summed E-state index contributed by atoms with van der Waals surface area (Å²) in [5, 5.41) is 0. The predicted octanol–water partition coefficient (Wildman–Crippen LogP) is 5.03. The van der Waals surface area contributed by atoms with Crippen LogP contribution in [-0.4, -0.2) is 12.9 Å². The standard InChI is InChI=1S/C21H18O3/c1-15-6-3-10-19(12-15)24-20-11-5-8-17(14-20)21(22)16-7-4-9-18(13-16)23-2/h3-14H,1-2H3. The van der Waals surface area contributed by atoms with Crippen molar-refractivity contribution in [2.75, 3.05) is 7.11 Å². The van der Waals surface area contributed by atoms with E-state index in [4.69, 9.17) is 9.47 Å². The van der Waals surface area contributed by atoms with E-state index in [9.17, 15) is 4.79 Å². The normalized spacial score (nSPS) is 10.2. The molecule has 0 aliphatic rings. The molecule has 0 aliphatic heterocycles. The number of ketones is 1. The second kappa shape index (κ2) is 7.01. The summed E-state index contributed by atoms with van der Waals surface area (Å²) in [7, 11) is 1.58. The SMILES string of the molecule is COc1cccc(C(=O)c2cccc(Oc3cccc(C)c3)c2)c1. The van der Waals surface area contributed by atoms with Gasteiger partial charge in [0.1, 0.15) is 17.2 Å². The fraction of sp³-hybridized carbons (Fsp3) is 0.0952. The Labute approximate surface area is 141 Å². The van der Waals surface area contributed by atoms with Crippen molar-refractivity contribution in [3.63, 3.8) is 0 Å². The van der Waals surface area contributed by atoms with Crippen molar-refractivity contribution in [3.8, 4) is 17.2 Å². The van der Waals surface area contributed by atoms with Gasteiger partial charge in [-0.25, -0.2) is 0 Å². The van der Waals surface area contributed by atoms with E-state index in [2.05, 4.69) is 0 Å².